The summed E-state index contributed by atoms with van der Waals surface area (Å²) in [7, 11) is 1.70. The molecule has 1 aliphatic carbocycles. The van der Waals surface area contributed by atoms with Gasteiger partial charge in [0.1, 0.15) is 11.5 Å². The molecule has 0 unspecified atom stereocenters. The van der Waals surface area contributed by atoms with Crippen molar-refractivity contribution in [1.29, 1.82) is 5.41 Å². The van der Waals surface area contributed by atoms with Crippen LogP contribution in [0.3, 0.4) is 0 Å². The third kappa shape index (κ3) is 2.33. The number of carbonyl (C=O) groups excluding carboxylic acids is 1. The van der Waals surface area contributed by atoms with Crippen LogP contribution in [0.4, 0.5) is 0 Å². The zero-order valence-electron chi connectivity index (χ0n) is 12.1. The van der Waals surface area contributed by atoms with Crippen LogP contribution in [0, 0.1) is 10.8 Å². The molecule has 5 heteroatoms. The van der Waals surface area contributed by atoms with Crippen molar-refractivity contribution >= 4 is 11.7 Å². The van der Waals surface area contributed by atoms with Gasteiger partial charge in [-0.3, -0.25) is 10.2 Å². The number of nitrogens with two attached hydrogens (primary N) is 1. The predicted molar refractivity (Wildman–Crippen MR) is 75.5 cm³/mol. The van der Waals surface area contributed by atoms with E-state index in [2.05, 4.69) is 4.90 Å². The Kier molecular flexibility index (Phi) is 3.56. The van der Waals surface area contributed by atoms with Crippen LogP contribution >= 0.6 is 0 Å². The molecule has 0 atom stereocenters. The zero-order valence-corrected chi connectivity index (χ0v) is 12.1. The maximum absolute atomic E-state index is 12.4. The van der Waals surface area contributed by atoms with Crippen molar-refractivity contribution in [3.8, 4) is 0 Å². The Balaban J connectivity index is 2.38. The number of hydrogen-bond donors (Lipinski definition) is 2. The van der Waals surface area contributed by atoms with Gasteiger partial charge in [0.2, 0.25) is 5.91 Å². The van der Waals surface area contributed by atoms with Crippen molar-refractivity contribution in [1.82, 2.24) is 9.80 Å². The molecule has 1 saturated carbocycles. The fourth-order valence-corrected chi connectivity index (χ4v) is 3.16. The highest BCUT2D eigenvalue weighted by Crippen LogP contribution is 2.32. The van der Waals surface area contributed by atoms with E-state index < -0.39 is 5.41 Å². The van der Waals surface area contributed by atoms with E-state index >= 15 is 0 Å². The quantitative estimate of drug-likeness (QED) is 0.754. The number of likely N-dealkylation sites (N-methyl/N-ethyl adjacent to an activating group) is 1. The van der Waals surface area contributed by atoms with E-state index in [1.165, 1.54) is 23.9 Å². The molecule has 1 saturated heterocycles. The van der Waals surface area contributed by atoms with E-state index in [9.17, 15) is 4.79 Å². The molecule has 1 heterocycles. The van der Waals surface area contributed by atoms with Crippen LogP contribution in [0.15, 0.2) is 11.9 Å². The summed E-state index contributed by atoms with van der Waals surface area (Å²) in [5.74, 6) is 0.408. The number of nitrogens with one attached hydrogen (secondary N) is 1. The molecule has 2 rings (SSSR count). The molecule has 0 bridgehead atoms. The Labute approximate surface area is 114 Å². The molecule has 2 aliphatic rings. The highest BCUT2D eigenvalue weighted by Gasteiger charge is 2.42. The monoisotopic (exact) mass is 264 g/mol. The highest BCUT2D eigenvalue weighted by molar-refractivity contribution is 6.02. The first-order valence-corrected chi connectivity index (χ1v) is 6.94. The van der Waals surface area contributed by atoms with Crippen LogP contribution in [-0.2, 0) is 4.79 Å². The van der Waals surface area contributed by atoms with Crippen LogP contribution in [0.5, 0.6) is 0 Å². The highest BCUT2D eigenvalue weighted by atomic mass is 16.2. The Morgan fingerprint density at radius 1 is 1.37 bits per heavy atom. The molecule has 0 aromatic heterocycles. The molecular formula is C14H24N4O. The Morgan fingerprint density at radius 2 is 1.95 bits per heavy atom. The van der Waals surface area contributed by atoms with Gasteiger partial charge in [0.25, 0.3) is 0 Å². The summed E-state index contributed by atoms with van der Waals surface area (Å²) in [6.07, 6.45) is 6.01. The van der Waals surface area contributed by atoms with Gasteiger partial charge in [-0.05, 0) is 26.7 Å². The summed E-state index contributed by atoms with van der Waals surface area (Å²) < 4.78 is 0. The van der Waals surface area contributed by atoms with Crippen LogP contribution in [-0.4, -0.2) is 41.2 Å². The van der Waals surface area contributed by atoms with Gasteiger partial charge in [-0.15, -0.1) is 0 Å². The lowest BCUT2D eigenvalue weighted by molar-refractivity contribution is -0.136. The van der Waals surface area contributed by atoms with E-state index in [4.69, 9.17) is 11.1 Å². The van der Waals surface area contributed by atoms with Gasteiger partial charge in [-0.2, -0.15) is 0 Å². The van der Waals surface area contributed by atoms with Gasteiger partial charge in [0.15, 0.2) is 0 Å². The Morgan fingerprint density at radius 3 is 2.47 bits per heavy atom. The minimum absolute atomic E-state index is 0.0226. The number of carbonyl (C=O) groups is 1. The topological polar surface area (TPSA) is 73.4 Å². The largest absolute Gasteiger partial charge is 0.403 e. The summed E-state index contributed by atoms with van der Waals surface area (Å²) in [6, 6.07) is 0.376. The smallest absolute Gasteiger partial charge is 0.234 e. The number of amides is 1. The zero-order chi connectivity index (χ0) is 14.2. The lowest BCUT2D eigenvalue weighted by Gasteiger charge is -2.33. The molecule has 0 spiro atoms. The van der Waals surface area contributed by atoms with E-state index in [0.29, 0.717) is 24.1 Å². The Bertz CT molecular complexity index is 421. The molecule has 5 nitrogen and oxygen atoms in total. The van der Waals surface area contributed by atoms with Gasteiger partial charge in [-0.25, -0.2) is 0 Å². The number of rotatable bonds is 1. The van der Waals surface area contributed by atoms with Crippen molar-refractivity contribution in [3.05, 3.63) is 11.9 Å². The normalized spacial score (nSPS) is 27.2. The standard InChI is InChI=1S/C14H24N4O/c1-14(2)9-18(10-6-4-5-7-10)12(16)11(8-15)17(3)13(14)19/h8,10,16H,4-7,9,15H2,1-3H3/b11-8+,16-12?. The first kappa shape index (κ1) is 13.9. The first-order valence-electron chi connectivity index (χ1n) is 6.94. The Hall–Kier alpha value is -1.52. The second-order valence-corrected chi connectivity index (χ2v) is 6.21. The van der Waals surface area contributed by atoms with Crippen LogP contribution in [0.25, 0.3) is 0 Å². The maximum atomic E-state index is 12.4. The van der Waals surface area contributed by atoms with Crippen molar-refractivity contribution in [2.45, 2.75) is 45.6 Å². The summed E-state index contributed by atoms with van der Waals surface area (Å²) in [6.45, 7) is 4.48. The van der Waals surface area contributed by atoms with Crippen molar-refractivity contribution in [3.63, 3.8) is 0 Å². The van der Waals surface area contributed by atoms with Gasteiger partial charge in [0, 0.05) is 25.8 Å². The average molecular weight is 264 g/mol. The fourth-order valence-electron chi connectivity index (χ4n) is 3.16. The molecule has 0 aromatic rings. The van der Waals surface area contributed by atoms with Crippen LogP contribution in [0.2, 0.25) is 0 Å². The van der Waals surface area contributed by atoms with Crippen LogP contribution < -0.4 is 5.73 Å². The van der Waals surface area contributed by atoms with Crippen molar-refractivity contribution in [2.24, 2.45) is 11.1 Å². The van der Waals surface area contributed by atoms with E-state index in [1.54, 1.807) is 7.05 Å². The predicted octanol–water partition coefficient (Wildman–Crippen LogP) is 1.51. The number of amidine groups is 1. The van der Waals surface area contributed by atoms with Gasteiger partial charge in [0.05, 0.1) is 5.41 Å². The molecule has 1 aliphatic heterocycles. The molecule has 19 heavy (non-hydrogen) atoms. The second kappa shape index (κ2) is 4.87. The molecule has 0 radical (unpaired) electrons. The summed E-state index contributed by atoms with van der Waals surface area (Å²) in [5.41, 5.74) is 5.67. The summed E-state index contributed by atoms with van der Waals surface area (Å²) in [4.78, 5) is 16.0. The minimum Gasteiger partial charge on any atom is -0.403 e. The number of nitrogens with zero attached hydrogens (tertiary/aromatic N) is 2. The average Bonchev–Trinajstić information content (AvgIpc) is 2.86. The SMILES string of the molecule is CN1C(=O)C(C)(C)CN(C2CCCC2)C(=N)/C1=C\N. The van der Waals surface area contributed by atoms with Gasteiger partial charge < -0.3 is 15.5 Å². The van der Waals surface area contributed by atoms with E-state index in [-0.39, 0.29) is 5.91 Å². The number of hydrogen-bond acceptors (Lipinski definition) is 3. The van der Waals surface area contributed by atoms with E-state index in [1.807, 2.05) is 13.8 Å². The van der Waals surface area contributed by atoms with Crippen LogP contribution in [0.1, 0.15) is 39.5 Å². The van der Waals surface area contributed by atoms with Gasteiger partial charge in [-0.1, -0.05) is 12.8 Å². The summed E-state index contributed by atoms with van der Waals surface area (Å²) in [5, 5.41) is 8.39. The minimum atomic E-state index is -0.492. The van der Waals surface area contributed by atoms with Crippen molar-refractivity contribution < 1.29 is 4.79 Å². The fraction of sp³-hybridized carbons (Fsp3) is 0.714. The molecule has 2 fully saturated rings. The van der Waals surface area contributed by atoms with E-state index in [0.717, 1.165) is 12.8 Å². The lowest BCUT2D eigenvalue weighted by atomic mass is 9.91. The molecule has 106 valence electrons. The maximum Gasteiger partial charge on any atom is 0.234 e. The first-order chi connectivity index (χ1) is 8.88. The van der Waals surface area contributed by atoms with Gasteiger partial charge >= 0.3 is 0 Å². The summed E-state index contributed by atoms with van der Waals surface area (Å²) >= 11 is 0. The molecule has 3 N–H and O–H groups in total. The second-order valence-electron chi connectivity index (χ2n) is 6.21. The third-order valence-electron chi connectivity index (χ3n) is 4.26. The molecular weight excluding hydrogens is 240 g/mol. The third-order valence-corrected chi connectivity index (χ3v) is 4.26. The lowest BCUT2D eigenvalue weighted by Crippen LogP contribution is -2.44. The molecule has 1 amide bonds. The molecule has 0 aromatic carbocycles. The van der Waals surface area contributed by atoms with Crippen molar-refractivity contribution in [2.75, 3.05) is 13.6 Å².